The number of nitrogens with zero attached hydrogens (tertiary/aromatic N) is 3. The third-order valence-electron chi connectivity index (χ3n) is 7.23. The van der Waals surface area contributed by atoms with Gasteiger partial charge in [0.15, 0.2) is 0 Å². The second-order valence-electron chi connectivity index (χ2n) is 9.97. The predicted octanol–water partition coefficient (Wildman–Crippen LogP) is 4.80. The Morgan fingerprint density at radius 3 is 2.56 bits per heavy atom. The lowest BCUT2D eigenvalue weighted by atomic mass is 9.93. The molecule has 1 spiro atoms. The average Bonchev–Trinajstić information content (AvgIpc) is 3.73. The molecular weight excluding hydrogens is 452 g/mol. The molecule has 2 N–H and O–H groups in total. The van der Waals surface area contributed by atoms with Gasteiger partial charge in [0.2, 0.25) is 0 Å². The Morgan fingerprint density at radius 2 is 1.91 bits per heavy atom. The zero-order chi connectivity index (χ0) is 23.9. The van der Waals surface area contributed by atoms with Gasteiger partial charge in [-0.05, 0) is 86.6 Å². The van der Waals surface area contributed by atoms with Crippen molar-refractivity contribution >= 4 is 33.2 Å². The van der Waals surface area contributed by atoms with Gasteiger partial charge in [-0.2, -0.15) is 0 Å². The van der Waals surface area contributed by atoms with E-state index in [2.05, 4.69) is 14.6 Å². The highest BCUT2D eigenvalue weighted by Crippen LogP contribution is 2.54. The van der Waals surface area contributed by atoms with Crippen LogP contribution in [0.25, 0.3) is 0 Å². The molecule has 2 saturated carbocycles. The second-order valence-corrected chi connectivity index (χ2v) is 12.2. The van der Waals surface area contributed by atoms with Crippen molar-refractivity contribution < 1.29 is 18.9 Å². The van der Waals surface area contributed by atoms with Crippen LogP contribution in [-0.2, 0) is 16.1 Å². The number of anilines is 2. The molecule has 1 saturated heterocycles. The number of pyridine rings is 1. The van der Waals surface area contributed by atoms with Crippen molar-refractivity contribution in [3.8, 4) is 0 Å². The summed E-state index contributed by atoms with van der Waals surface area (Å²) in [6.45, 7) is 1.81. The molecule has 8 nitrogen and oxygen atoms in total. The van der Waals surface area contributed by atoms with Gasteiger partial charge >= 0.3 is 6.09 Å². The smallest absolute Gasteiger partial charge is 0.439 e. The molecule has 180 valence electrons. The van der Waals surface area contributed by atoms with Gasteiger partial charge in [0.25, 0.3) is 5.91 Å². The van der Waals surface area contributed by atoms with E-state index in [0.29, 0.717) is 22.6 Å². The van der Waals surface area contributed by atoms with Crippen LogP contribution >= 0.6 is 0 Å². The molecule has 1 aromatic heterocycles. The van der Waals surface area contributed by atoms with Crippen LogP contribution in [0.2, 0.25) is 0 Å². The molecule has 34 heavy (non-hydrogen) atoms. The van der Waals surface area contributed by atoms with Gasteiger partial charge in [-0.1, -0.05) is 6.07 Å². The number of carbonyl (C=O) groups is 2. The molecule has 0 bridgehead atoms. The van der Waals surface area contributed by atoms with Crippen LogP contribution in [0.15, 0.2) is 45.7 Å². The Bertz CT molecular complexity index is 1250. The number of piperidine rings is 1. The van der Waals surface area contributed by atoms with Crippen molar-refractivity contribution in [2.45, 2.75) is 49.8 Å². The van der Waals surface area contributed by atoms with Gasteiger partial charge in [0.1, 0.15) is 5.82 Å². The number of aromatic nitrogens is 1. The number of rotatable bonds is 6. The minimum Gasteiger partial charge on any atom is -0.463 e. The Hall–Kier alpha value is -2.94. The first-order valence-electron chi connectivity index (χ1n) is 11.8. The Balaban J connectivity index is 1.40. The Labute approximate surface area is 200 Å². The van der Waals surface area contributed by atoms with Crippen LogP contribution in [0.3, 0.4) is 0 Å². The van der Waals surface area contributed by atoms with E-state index < -0.39 is 15.8 Å². The summed E-state index contributed by atoms with van der Waals surface area (Å²) in [7, 11) is -3.12. The van der Waals surface area contributed by atoms with E-state index >= 15 is 0 Å². The SMILES string of the molecule is CS(=O)(=NC(=O)O)c1cccc(NC(=O)c2ccc(CC3CC3)nc2N2CCC3(CC2)CC3)c1. The van der Waals surface area contributed by atoms with Crippen LogP contribution in [0.4, 0.5) is 16.3 Å². The van der Waals surface area contributed by atoms with Crippen molar-refractivity contribution in [1.29, 1.82) is 0 Å². The molecular formula is C25H30N4O4S. The quantitative estimate of drug-likeness (QED) is 0.612. The van der Waals surface area contributed by atoms with E-state index in [9.17, 15) is 13.8 Å². The van der Waals surface area contributed by atoms with E-state index in [1.54, 1.807) is 18.2 Å². The molecule has 1 unspecified atom stereocenters. The molecule has 2 heterocycles. The van der Waals surface area contributed by atoms with E-state index in [1.165, 1.54) is 38.0 Å². The maximum atomic E-state index is 13.3. The van der Waals surface area contributed by atoms with Crippen molar-refractivity contribution in [3.05, 3.63) is 47.7 Å². The molecule has 1 aliphatic heterocycles. The standard InChI is InChI=1S/C25H30N4O4S/c1-34(33,28-24(31)32)20-4-2-3-18(16-20)27-23(30)21-8-7-19(15-17-5-6-17)26-22(21)29-13-11-25(9-10-25)12-14-29/h2-4,7-8,16-17H,5-6,9-15H2,1H3,(H,27,30)(H,31,32). The number of carbonyl (C=O) groups excluding carboxylic acids is 1. The normalized spacial score (nSPS) is 20.4. The van der Waals surface area contributed by atoms with Gasteiger partial charge in [-0.25, -0.2) is 14.0 Å². The van der Waals surface area contributed by atoms with E-state index in [1.807, 2.05) is 12.1 Å². The molecule has 5 rings (SSSR count). The summed E-state index contributed by atoms with van der Waals surface area (Å²) in [5.74, 6) is 1.16. The second kappa shape index (κ2) is 8.69. The van der Waals surface area contributed by atoms with Crippen LogP contribution in [0.5, 0.6) is 0 Å². The van der Waals surface area contributed by atoms with Gasteiger partial charge in [-0.3, -0.25) is 4.79 Å². The van der Waals surface area contributed by atoms with Crippen molar-refractivity contribution in [2.75, 3.05) is 29.6 Å². The molecule has 2 aromatic rings. The average molecular weight is 483 g/mol. The molecule has 0 radical (unpaired) electrons. The fourth-order valence-corrected chi connectivity index (χ4v) is 5.80. The maximum Gasteiger partial charge on any atom is 0.439 e. The summed E-state index contributed by atoms with van der Waals surface area (Å²) in [6, 6.07) is 10.2. The molecule has 3 aliphatic rings. The number of hydrogen-bond acceptors (Lipinski definition) is 5. The van der Waals surface area contributed by atoms with Crippen molar-refractivity contribution in [1.82, 2.24) is 4.98 Å². The van der Waals surface area contributed by atoms with Crippen LogP contribution < -0.4 is 10.2 Å². The third-order valence-corrected chi connectivity index (χ3v) is 8.87. The lowest BCUT2D eigenvalue weighted by Gasteiger charge is -2.34. The van der Waals surface area contributed by atoms with E-state index in [4.69, 9.17) is 10.1 Å². The summed E-state index contributed by atoms with van der Waals surface area (Å²) in [6.07, 6.45) is 8.14. The predicted molar refractivity (Wildman–Crippen MR) is 131 cm³/mol. The summed E-state index contributed by atoms with van der Waals surface area (Å²) < 4.78 is 16.0. The van der Waals surface area contributed by atoms with Gasteiger partial charge in [0, 0.05) is 35.6 Å². The Morgan fingerprint density at radius 1 is 1.18 bits per heavy atom. The number of benzene rings is 1. The van der Waals surface area contributed by atoms with Gasteiger partial charge in [-0.15, -0.1) is 4.36 Å². The summed E-state index contributed by atoms with van der Waals surface area (Å²) in [5.41, 5.74) is 2.51. The topological polar surface area (TPSA) is 112 Å². The first-order chi connectivity index (χ1) is 16.2. The fraction of sp³-hybridized carbons (Fsp3) is 0.480. The summed E-state index contributed by atoms with van der Waals surface area (Å²) in [5, 5.41) is 11.8. The minimum atomic E-state index is -3.12. The zero-order valence-electron chi connectivity index (χ0n) is 19.3. The van der Waals surface area contributed by atoms with E-state index in [-0.39, 0.29) is 10.8 Å². The monoisotopic (exact) mass is 482 g/mol. The number of amides is 2. The molecule has 1 aromatic carbocycles. The number of hydrogen-bond donors (Lipinski definition) is 2. The largest absolute Gasteiger partial charge is 0.463 e. The third kappa shape index (κ3) is 5.09. The molecule has 1 atom stereocenters. The number of nitrogens with one attached hydrogen (secondary N) is 1. The minimum absolute atomic E-state index is 0.247. The van der Waals surface area contributed by atoms with Gasteiger partial charge in [0.05, 0.1) is 15.3 Å². The highest BCUT2D eigenvalue weighted by Gasteiger charge is 2.45. The van der Waals surface area contributed by atoms with Crippen molar-refractivity contribution in [2.24, 2.45) is 15.7 Å². The first-order valence-corrected chi connectivity index (χ1v) is 13.8. The van der Waals surface area contributed by atoms with Crippen molar-refractivity contribution in [3.63, 3.8) is 0 Å². The summed E-state index contributed by atoms with van der Waals surface area (Å²) >= 11 is 0. The first kappa shape index (κ1) is 22.8. The lowest BCUT2D eigenvalue weighted by Crippen LogP contribution is -2.36. The van der Waals surface area contributed by atoms with Crippen LogP contribution in [0, 0.1) is 11.3 Å². The molecule has 2 amide bonds. The lowest BCUT2D eigenvalue weighted by molar-refractivity contribution is 0.102. The highest BCUT2D eigenvalue weighted by atomic mass is 32.2. The molecule has 2 aliphatic carbocycles. The fourth-order valence-electron chi connectivity index (χ4n) is 4.72. The molecule has 3 fully saturated rings. The van der Waals surface area contributed by atoms with Gasteiger partial charge < -0.3 is 15.3 Å². The Kier molecular flexibility index (Phi) is 5.83. The molecule has 9 heteroatoms. The van der Waals surface area contributed by atoms with Crippen LogP contribution in [0.1, 0.15) is 54.6 Å². The number of carboxylic acid groups (broad SMARTS) is 1. The maximum absolute atomic E-state index is 13.3. The van der Waals surface area contributed by atoms with E-state index in [0.717, 1.165) is 43.9 Å². The highest BCUT2D eigenvalue weighted by molar-refractivity contribution is 7.93. The summed E-state index contributed by atoms with van der Waals surface area (Å²) in [4.78, 5) is 31.7. The zero-order valence-corrected chi connectivity index (χ0v) is 20.1. The van der Waals surface area contributed by atoms with Crippen LogP contribution in [-0.4, -0.2) is 45.6 Å².